The number of methoxy groups -OCH3 is 1. The lowest BCUT2D eigenvalue weighted by Crippen LogP contribution is -2.08. The smallest absolute Gasteiger partial charge is 0.340 e. The molecule has 0 aliphatic rings. The molecule has 100 valence electrons. The average molecular weight is 261 g/mol. The van der Waals surface area contributed by atoms with Crippen LogP contribution in [0, 0.1) is 0 Å². The molecule has 2 rings (SSSR count). The van der Waals surface area contributed by atoms with E-state index in [0.29, 0.717) is 17.0 Å². The largest absolute Gasteiger partial charge is 0.497 e. The number of ether oxygens (including phenoxy) is 2. The molecule has 0 radical (unpaired) electrons. The minimum absolute atomic E-state index is 0.156. The molecule has 0 unspecified atom stereocenters. The normalized spacial score (nSPS) is 10.2. The molecule has 0 fully saturated rings. The standard InChI is InChI=1S/C13H15N3O3/c1-16-7-9(6-15-16)8-19-13(17)11-5-10(18-2)3-4-12(11)14/h3-7H,8,14H2,1-2H3. The third-order valence-electron chi connectivity index (χ3n) is 2.61. The van der Waals surface area contributed by atoms with Gasteiger partial charge in [-0.05, 0) is 18.2 Å². The molecule has 0 amide bonds. The van der Waals surface area contributed by atoms with Gasteiger partial charge in [0.2, 0.25) is 0 Å². The second-order valence-corrected chi connectivity index (χ2v) is 4.05. The summed E-state index contributed by atoms with van der Waals surface area (Å²) in [6, 6.07) is 4.85. The van der Waals surface area contributed by atoms with E-state index in [1.807, 2.05) is 0 Å². The van der Waals surface area contributed by atoms with Crippen LogP contribution >= 0.6 is 0 Å². The molecule has 0 aliphatic carbocycles. The molecule has 0 aliphatic heterocycles. The number of nitrogens with zero attached hydrogens (tertiary/aromatic N) is 2. The maximum absolute atomic E-state index is 11.9. The molecule has 2 aromatic rings. The molecule has 2 N–H and O–H groups in total. The van der Waals surface area contributed by atoms with Crippen LogP contribution < -0.4 is 10.5 Å². The highest BCUT2D eigenvalue weighted by Gasteiger charge is 2.13. The summed E-state index contributed by atoms with van der Waals surface area (Å²) in [6.45, 7) is 0.156. The molecule has 1 heterocycles. The number of hydrogen-bond donors (Lipinski definition) is 1. The first-order chi connectivity index (χ1) is 9.10. The van der Waals surface area contributed by atoms with Gasteiger partial charge in [0, 0.05) is 24.5 Å². The number of benzene rings is 1. The number of carbonyl (C=O) groups excluding carboxylic acids is 1. The van der Waals surface area contributed by atoms with E-state index in [4.69, 9.17) is 15.2 Å². The van der Waals surface area contributed by atoms with Crippen LogP contribution in [0.3, 0.4) is 0 Å². The van der Waals surface area contributed by atoms with E-state index in [2.05, 4.69) is 5.10 Å². The van der Waals surface area contributed by atoms with E-state index in [1.54, 1.807) is 42.3 Å². The summed E-state index contributed by atoms with van der Waals surface area (Å²) < 4.78 is 11.9. The third kappa shape index (κ3) is 3.04. The number of carbonyl (C=O) groups is 1. The van der Waals surface area contributed by atoms with Crippen molar-refractivity contribution in [3.63, 3.8) is 0 Å². The Morgan fingerprint density at radius 3 is 2.89 bits per heavy atom. The molecule has 1 aromatic carbocycles. The van der Waals surface area contributed by atoms with Gasteiger partial charge in [-0.1, -0.05) is 0 Å². The Labute approximate surface area is 110 Å². The van der Waals surface area contributed by atoms with Gasteiger partial charge in [-0.15, -0.1) is 0 Å². The minimum atomic E-state index is -0.486. The zero-order valence-corrected chi connectivity index (χ0v) is 10.8. The van der Waals surface area contributed by atoms with Crippen molar-refractivity contribution in [2.45, 2.75) is 6.61 Å². The van der Waals surface area contributed by atoms with E-state index < -0.39 is 5.97 Å². The Kier molecular flexibility index (Phi) is 3.70. The fraction of sp³-hybridized carbons (Fsp3) is 0.231. The molecule has 0 spiro atoms. The summed E-state index contributed by atoms with van der Waals surface area (Å²) in [4.78, 5) is 11.9. The first-order valence-corrected chi connectivity index (χ1v) is 5.68. The molecule has 6 nitrogen and oxygen atoms in total. The van der Waals surface area contributed by atoms with Crippen molar-refractivity contribution in [3.8, 4) is 5.75 Å². The van der Waals surface area contributed by atoms with Crippen molar-refractivity contribution >= 4 is 11.7 Å². The molecular formula is C13H15N3O3. The van der Waals surface area contributed by atoms with E-state index in [1.165, 1.54) is 7.11 Å². The van der Waals surface area contributed by atoms with Gasteiger partial charge in [0.05, 0.1) is 18.9 Å². The van der Waals surface area contributed by atoms with Crippen molar-refractivity contribution in [2.24, 2.45) is 7.05 Å². The van der Waals surface area contributed by atoms with Gasteiger partial charge in [0.25, 0.3) is 0 Å². The number of anilines is 1. The Balaban J connectivity index is 2.07. The van der Waals surface area contributed by atoms with Crippen molar-refractivity contribution < 1.29 is 14.3 Å². The first-order valence-electron chi connectivity index (χ1n) is 5.68. The molecule has 0 bridgehead atoms. The van der Waals surface area contributed by atoms with E-state index in [9.17, 15) is 4.79 Å². The van der Waals surface area contributed by atoms with Crippen LogP contribution in [0.1, 0.15) is 15.9 Å². The molecule has 1 aromatic heterocycles. The van der Waals surface area contributed by atoms with E-state index >= 15 is 0 Å². The maximum atomic E-state index is 11.9. The lowest BCUT2D eigenvalue weighted by molar-refractivity contribution is 0.0473. The number of aromatic nitrogens is 2. The predicted molar refractivity (Wildman–Crippen MR) is 69.7 cm³/mol. The van der Waals surface area contributed by atoms with E-state index in [-0.39, 0.29) is 6.61 Å². The van der Waals surface area contributed by atoms with Crippen molar-refractivity contribution in [1.29, 1.82) is 0 Å². The second kappa shape index (κ2) is 5.43. The summed E-state index contributed by atoms with van der Waals surface area (Å²) in [5.74, 6) is 0.0720. The van der Waals surface area contributed by atoms with Crippen LogP contribution in [0.2, 0.25) is 0 Å². The summed E-state index contributed by atoms with van der Waals surface area (Å²) in [6.07, 6.45) is 3.42. The fourth-order valence-corrected chi connectivity index (χ4v) is 1.61. The Hall–Kier alpha value is -2.50. The van der Waals surface area contributed by atoms with Gasteiger partial charge in [0.1, 0.15) is 12.4 Å². The topological polar surface area (TPSA) is 79.4 Å². The second-order valence-electron chi connectivity index (χ2n) is 4.05. The number of rotatable bonds is 4. The van der Waals surface area contributed by atoms with Crippen LogP contribution in [0.15, 0.2) is 30.6 Å². The lowest BCUT2D eigenvalue weighted by atomic mass is 10.2. The molecule has 6 heteroatoms. The summed E-state index contributed by atoms with van der Waals surface area (Å²) in [5.41, 5.74) is 7.22. The Morgan fingerprint density at radius 2 is 2.26 bits per heavy atom. The number of hydrogen-bond acceptors (Lipinski definition) is 5. The van der Waals surface area contributed by atoms with Crippen molar-refractivity contribution in [3.05, 3.63) is 41.7 Å². The monoisotopic (exact) mass is 261 g/mol. The molecule has 19 heavy (non-hydrogen) atoms. The summed E-state index contributed by atoms with van der Waals surface area (Å²) >= 11 is 0. The zero-order valence-electron chi connectivity index (χ0n) is 10.8. The molecular weight excluding hydrogens is 246 g/mol. The maximum Gasteiger partial charge on any atom is 0.340 e. The number of aryl methyl sites for hydroxylation is 1. The van der Waals surface area contributed by atoms with Gasteiger partial charge in [-0.3, -0.25) is 4.68 Å². The molecule has 0 saturated carbocycles. The van der Waals surface area contributed by atoms with Gasteiger partial charge in [0.15, 0.2) is 0 Å². The predicted octanol–water partition coefficient (Wildman–Crippen LogP) is 1.37. The van der Waals surface area contributed by atoms with Gasteiger partial charge in [-0.25, -0.2) is 4.79 Å². The van der Waals surface area contributed by atoms with Gasteiger partial charge >= 0.3 is 5.97 Å². The number of esters is 1. The highest BCUT2D eigenvalue weighted by molar-refractivity contribution is 5.95. The summed E-state index contributed by atoms with van der Waals surface area (Å²) in [5, 5.41) is 3.99. The van der Waals surface area contributed by atoms with Crippen LogP contribution in [-0.4, -0.2) is 22.9 Å². The first kappa shape index (κ1) is 12.9. The Morgan fingerprint density at radius 1 is 1.47 bits per heavy atom. The fourth-order valence-electron chi connectivity index (χ4n) is 1.61. The van der Waals surface area contributed by atoms with Crippen LogP contribution in [0.5, 0.6) is 5.75 Å². The van der Waals surface area contributed by atoms with Crippen molar-refractivity contribution in [1.82, 2.24) is 9.78 Å². The van der Waals surface area contributed by atoms with Crippen molar-refractivity contribution in [2.75, 3.05) is 12.8 Å². The molecule has 0 saturated heterocycles. The highest BCUT2D eigenvalue weighted by atomic mass is 16.5. The van der Waals surface area contributed by atoms with E-state index in [0.717, 1.165) is 5.56 Å². The third-order valence-corrected chi connectivity index (χ3v) is 2.61. The SMILES string of the molecule is COc1ccc(N)c(C(=O)OCc2cnn(C)c2)c1. The van der Waals surface area contributed by atoms with Crippen LogP contribution in [0.4, 0.5) is 5.69 Å². The number of nitrogens with two attached hydrogens (primary N) is 1. The quantitative estimate of drug-likeness (QED) is 0.664. The average Bonchev–Trinajstić information content (AvgIpc) is 2.82. The zero-order chi connectivity index (χ0) is 13.8. The molecule has 0 atom stereocenters. The van der Waals surface area contributed by atoms with Gasteiger partial charge in [-0.2, -0.15) is 5.10 Å². The van der Waals surface area contributed by atoms with Gasteiger partial charge < -0.3 is 15.2 Å². The lowest BCUT2D eigenvalue weighted by Gasteiger charge is -2.07. The minimum Gasteiger partial charge on any atom is -0.497 e. The number of nitrogen functional groups attached to an aromatic ring is 1. The summed E-state index contributed by atoms with van der Waals surface area (Å²) in [7, 11) is 3.32. The van der Waals surface area contributed by atoms with Crippen LogP contribution in [-0.2, 0) is 18.4 Å². The van der Waals surface area contributed by atoms with Crippen LogP contribution in [0.25, 0.3) is 0 Å². The Bertz CT molecular complexity index is 593. The highest BCUT2D eigenvalue weighted by Crippen LogP contribution is 2.20.